The third-order valence-corrected chi connectivity index (χ3v) is 3.47. The Hall–Kier alpha value is -1.06. The lowest BCUT2D eigenvalue weighted by molar-refractivity contribution is 0.600. The zero-order valence-corrected chi connectivity index (χ0v) is 8.20. The van der Waals surface area contributed by atoms with Gasteiger partial charge in [-0.25, -0.2) is 4.39 Å². The van der Waals surface area contributed by atoms with Crippen LogP contribution in [-0.2, 0) is 7.05 Å². The van der Waals surface area contributed by atoms with Gasteiger partial charge in [0, 0.05) is 13.0 Å². The Morgan fingerprint density at radius 2 is 2.21 bits per heavy atom. The molecule has 0 amide bonds. The molecule has 76 valence electrons. The van der Waals surface area contributed by atoms with E-state index in [0.29, 0.717) is 17.5 Å². The van der Waals surface area contributed by atoms with Crippen LogP contribution in [0.1, 0.15) is 30.9 Å². The predicted molar refractivity (Wildman–Crippen MR) is 51.2 cm³/mol. The first kappa shape index (κ1) is 8.26. The number of aromatic nitrogens is 2. The first-order valence-electron chi connectivity index (χ1n) is 5.16. The van der Waals surface area contributed by atoms with Crippen LogP contribution in [0.25, 0.3) is 0 Å². The summed E-state index contributed by atoms with van der Waals surface area (Å²) in [6.45, 7) is 0. The molecule has 2 unspecified atom stereocenters. The molecule has 2 saturated carbocycles. The molecule has 1 aromatic rings. The molecule has 0 aliphatic heterocycles. The molecule has 3 rings (SSSR count). The number of nitrogen functional groups attached to an aromatic ring is 1. The molecule has 2 atom stereocenters. The van der Waals surface area contributed by atoms with Gasteiger partial charge in [-0.3, -0.25) is 4.68 Å². The SMILES string of the molecule is Cn1nc(C2CC2C2CC2)c(F)c1N. The topological polar surface area (TPSA) is 43.8 Å². The first-order valence-corrected chi connectivity index (χ1v) is 5.16. The van der Waals surface area contributed by atoms with E-state index in [1.807, 2.05) is 0 Å². The third kappa shape index (κ3) is 1.06. The summed E-state index contributed by atoms with van der Waals surface area (Å²) in [5.74, 6) is 1.77. The van der Waals surface area contributed by atoms with Gasteiger partial charge in [-0.2, -0.15) is 5.10 Å². The first-order chi connectivity index (χ1) is 6.68. The molecule has 1 heterocycles. The largest absolute Gasteiger partial charge is 0.381 e. The van der Waals surface area contributed by atoms with Gasteiger partial charge in [0.05, 0.1) is 0 Å². The number of aryl methyl sites for hydroxylation is 1. The normalized spacial score (nSPS) is 30.7. The second kappa shape index (κ2) is 2.49. The van der Waals surface area contributed by atoms with Gasteiger partial charge in [-0.1, -0.05) is 0 Å². The zero-order chi connectivity index (χ0) is 9.87. The maximum Gasteiger partial charge on any atom is 0.188 e. The fourth-order valence-electron chi connectivity index (χ4n) is 2.34. The van der Waals surface area contributed by atoms with E-state index in [0.717, 1.165) is 12.3 Å². The molecule has 2 N–H and O–H groups in total. The van der Waals surface area contributed by atoms with E-state index in [1.165, 1.54) is 17.5 Å². The summed E-state index contributed by atoms with van der Waals surface area (Å²) < 4.78 is 15.0. The summed E-state index contributed by atoms with van der Waals surface area (Å²) in [7, 11) is 1.69. The molecule has 0 spiro atoms. The van der Waals surface area contributed by atoms with Crippen LogP contribution in [-0.4, -0.2) is 9.78 Å². The summed E-state index contributed by atoms with van der Waals surface area (Å²) >= 11 is 0. The molecule has 4 heteroatoms. The van der Waals surface area contributed by atoms with Gasteiger partial charge in [-0.05, 0) is 31.1 Å². The monoisotopic (exact) mass is 195 g/mol. The van der Waals surface area contributed by atoms with Crippen LogP contribution < -0.4 is 5.73 Å². The molecule has 0 bridgehead atoms. The van der Waals surface area contributed by atoms with Crippen LogP contribution in [0.4, 0.5) is 10.2 Å². The molecule has 2 fully saturated rings. The molecular formula is C10H14FN3. The highest BCUT2D eigenvalue weighted by Gasteiger charge is 2.50. The van der Waals surface area contributed by atoms with E-state index in [-0.39, 0.29) is 11.6 Å². The molecule has 0 aromatic carbocycles. The van der Waals surface area contributed by atoms with E-state index in [4.69, 9.17) is 5.73 Å². The predicted octanol–water partition coefficient (Wildman–Crippen LogP) is 1.65. The van der Waals surface area contributed by atoms with Crippen LogP contribution in [0.15, 0.2) is 0 Å². The number of halogens is 1. The van der Waals surface area contributed by atoms with Crippen molar-refractivity contribution in [1.82, 2.24) is 9.78 Å². The quantitative estimate of drug-likeness (QED) is 0.779. The summed E-state index contributed by atoms with van der Waals surface area (Å²) in [6.07, 6.45) is 3.76. The van der Waals surface area contributed by atoms with Gasteiger partial charge in [-0.15, -0.1) is 0 Å². The zero-order valence-electron chi connectivity index (χ0n) is 8.20. The molecule has 2 aliphatic carbocycles. The van der Waals surface area contributed by atoms with Gasteiger partial charge in [0.15, 0.2) is 11.6 Å². The minimum atomic E-state index is -0.291. The smallest absolute Gasteiger partial charge is 0.188 e. The van der Waals surface area contributed by atoms with Crippen molar-refractivity contribution >= 4 is 5.82 Å². The number of anilines is 1. The second-order valence-electron chi connectivity index (χ2n) is 4.55. The van der Waals surface area contributed by atoms with Crippen LogP contribution >= 0.6 is 0 Å². The summed E-state index contributed by atoms with van der Waals surface area (Å²) in [5, 5.41) is 4.15. The molecule has 3 nitrogen and oxygen atoms in total. The minimum absolute atomic E-state index is 0.168. The summed E-state index contributed by atoms with van der Waals surface area (Å²) in [4.78, 5) is 0. The molecule has 0 radical (unpaired) electrons. The van der Waals surface area contributed by atoms with Crippen molar-refractivity contribution in [3.8, 4) is 0 Å². The summed E-state index contributed by atoms with van der Waals surface area (Å²) in [5.41, 5.74) is 6.13. The maximum atomic E-state index is 13.6. The van der Waals surface area contributed by atoms with Crippen molar-refractivity contribution < 1.29 is 4.39 Å². The highest BCUT2D eigenvalue weighted by Crippen LogP contribution is 2.59. The highest BCUT2D eigenvalue weighted by atomic mass is 19.1. The van der Waals surface area contributed by atoms with Gasteiger partial charge >= 0.3 is 0 Å². The Labute approximate surface area is 82.1 Å². The van der Waals surface area contributed by atoms with Crippen molar-refractivity contribution in [2.24, 2.45) is 18.9 Å². The lowest BCUT2D eigenvalue weighted by Gasteiger charge is -1.92. The summed E-state index contributed by atoms with van der Waals surface area (Å²) in [6, 6.07) is 0. The minimum Gasteiger partial charge on any atom is -0.381 e. The Morgan fingerprint density at radius 1 is 1.50 bits per heavy atom. The van der Waals surface area contributed by atoms with Gasteiger partial charge in [0.25, 0.3) is 0 Å². The Kier molecular flexibility index (Phi) is 1.47. The average Bonchev–Trinajstić information content (AvgIpc) is 3.01. The van der Waals surface area contributed by atoms with Crippen LogP contribution in [0.5, 0.6) is 0 Å². The van der Waals surface area contributed by atoms with Crippen molar-refractivity contribution in [3.05, 3.63) is 11.5 Å². The molecule has 2 aliphatic rings. The fraction of sp³-hybridized carbons (Fsp3) is 0.700. The fourth-order valence-corrected chi connectivity index (χ4v) is 2.34. The van der Waals surface area contributed by atoms with E-state index in [2.05, 4.69) is 5.10 Å². The van der Waals surface area contributed by atoms with E-state index < -0.39 is 0 Å². The van der Waals surface area contributed by atoms with E-state index >= 15 is 0 Å². The number of rotatable bonds is 2. The Bertz CT molecular complexity index is 381. The van der Waals surface area contributed by atoms with Crippen molar-refractivity contribution in [3.63, 3.8) is 0 Å². The van der Waals surface area contributed by atoms with E-state index in [1.54, 1.807) is 7.05 Å². The van der Waals surface area contributed by atoms with Crippen LogP contribution in [0.2, 0.25) is 0 Å². The number of hydrogen-bond donors (Lipinski definition) is 1. The highest BCUT2D eigenvalue weighted by molar-refractivity contribution is 5.37. The van der Waals surface area contributed by atoms with Crippen LogP contribution in [0, 0.1) is 17.7 Å². The second-order valence-corrected chi connectivity index (χ2v) is 4.55. The number of nitrogens with two attached hydrogens (primary N) is 1. The Morgan fingerprint density at radius 3 is 2.71 bits per heavy atom. The van der Waals surface area contributed by atoms with Gasteiger partial charge in [0.2, 0.25) is 0 Å². The Balaban J connectivity index is 1.86. The van der Waals surface area contributed by atoms with Crippen molar-refractivity contribution in [2.45, 2.75) is 25.2 Å². The maximum absolute atomic E-state index is 13.6. The number of nitrogens with zero attached hydrogens (tertiary/aromatic N) is 2. The van der Waals surface area contributed by atoms with E-state index in [9.17, 15) is 4.39 Å². The lowest BCUT2D eigenvalue weighted by atomic mass is 10.2. The molecule has 1 aromatic heterocycles. The molecule has 0 saturated heterocycles. The average molecular weight is 195 g/mol. The molecular weight excluding hydrogens is 181 g/mol. The lowest BCUT2D eigenvalue weighted by Crippen LogP contribution is -1.97. The van der Waals surface area contributed by atoms with Gasteiger partial charge in [0.1, 0.15) is 5.69 Å². The molecule has 14 heavy (non-hydrogen) atoms. The third-order valence-electron chi connectivity index (χ3n) is 3.47. The van der Waals surface area contributed by atoms with Gasteiger partial charge < -0.3 is 5.73 Å². The van der Waals surface area contributed by atoms with Crippen molar-refractivity contribution in [1.29, 1.82) is 0 Å². The number of hydrogen-bond acceptors (Lipinski definition) is 2. The standard InChI is InChI=1S/C10H14FN3/c1-14-10(12)8(11)9(13-14)7-4-6(7)5-2-3-5/h5-7H,2-4,12H2,1H3. The van der Waals surface area contributed by atoms with Crippen LogP contribution in [0.3, 0.4) is 0 Å². The van der Waals surface area contributed by atoms with Crippen molar-refractivity contribution in [2.75, 3.05) is 5.73 Å².